The Kier molecular flexibility index (Phi) is 12.6. The number of carboxylic acids is 2. The fourth-order valence-corrected chi connectivity index (χ4v) is 4.15. The Morgan fingerprint density at radius 2 is 1.37 bits per heavy atom. The zero-order valence-electron chi connectivity index (χ0n) is 24.1. The van der Waals surface area contributed by atoms with Crippen LogP contribution in [0.5, 0.6) is 0 Å². The number of benzene rings is 2. The molecule has 14 nitrogen and oxygen atoms in total. The number of nitrogens with one attached hydrogen (secondary N) is 4. The van der Waals surface area contributed by atoms with Crippen LogP contribution in [0.15, 0.2) is 42.5 Å². The highest BCUT2D eigenvalue weighted by molar-refractivity contribution is 5.97. The van der Waals surface area contributed by atoms with Crippen LogP contribution in [0.25, 0.3) is 10.8 Å². The van der Waals surface area contributed by atoms with Gasteiger partial charge in [-0.15, -0.1) is 0 Å². The summed E-state index contributed by atoms with van der Waals surface area (Å²) in [5.41, 5.74) is 5.94. The van der Waals surface area contributed by atoms with Crippen molar-refractivity contribution in [2.24, 2.45) is 11.7 Å². The molecule has 4 atom stereocenters. The first-order valence-corrected chi connectivity index (χ1v) is 13.6. The van der Waals surface area contributed by atoms with Gasteiger partial charge in [-0.3, -0.25) is 28.8 Å². The summed E-state index contributed by atoms with van der Waals surface area (Å²) in [7, 11) is 0. The molecule has 0 saturated carbocycles. The van der Waals surface area contributed by atoms with Gasteiger partial charge in [0.1, 0.15) is 24.2 Å². The molecule has 2 aromatic rings. The molecular formula is C29H37N5O9. The first kappa shape index (κ1) is 34.2. The van der Waals surface area contributed by atoms with Crippen LogP contribution in [0.2, 0.25) is 0 Å². The van der Waals surface area contributed by atoms with Gasteiger partial charge in [0.15, 0.2) is 0 Å². The van der Waals surface area contributed by atoms with Crippen LogP contribution in [0.1, 0.15) is 45.6 Å². The van der Waals surface area contributed by atoms with E-state index in [0.717, 1.165) is 10.8 Å². The maximum absolute atomic E-state index is 13.4. The van der Waals surface area contributed by atoms with Crippen molar-refractivity contribution in [2.75, 3.05) is 0 Å². The lowest BCUT2D eigenvalue weighted by atomic mass is 10.0. The molecule has 43 heavy (non-hydrogen) atoms. The summed E-state index contributed by atoms with van der Waals surface area (Å²) < 4.78 is 0. The lowest BCUT2D eigenvalue weighted by Gasteiger charge is -2.25. The van der Waals surface area contributed by atoms with Crippen LogP contribution in [-0.4, -0.2) is 75.9 Å². The number of aliphatic carboxylic acids is 2. The third-order valence-electron chi connectivity index (χ3n) is 6.49. The molecule has 4 unspecified atom stereocenters. The molecule has 0 saturated heterocycles. The number of hydrogen-bond acceptors (Lipinski definition) is 7. The third kappa shape index (κ3) is 11.1. The van der Waals surface area contributed by atoms with Crippen molar-refractivity contribution < 1.29 is 43.8 Å². The molecule has 2 rings (SSSR count). The number of fused-ring (bicyclic) bond motifs is 1. The number of nitrogens with two attached hydrogens (primary N) is 1. The Balaban J connectivity index is 2.23. The second kappa shape index (κ2) is 15.8. The maximum atomic E-state index is 13.4. The Hall–Kier alpha value is -5.01. The van der Waals surface area contributed by atoms with Gasteiger partial charge in [0.05, 0.1) is 12.8 Å². The molecule has 14 heteroatoms. The van der Waals surface area contributed by atoms with Crippen molar-refractivity contribution in [1.29, 1.82) is 0 Å². The predicted molar refractivity (Wildman–Crippen MR) is 154 cm³/mol. The van der Waals surface area contributed by atoms with Crippen LogP contribution in [0.3, 0.4) is 0 Å². The van der Waals surface area contributed by atoms with Gasteiger partial charge in [-0.1, -0.05) is 56.3 Å². The van der Waals surface area contributed by atoms with E-state index < -0.39 is 90.8 Å². The molecule has 0 radical (unpaired) electrons. The minimum atomic E-state index is -1.55. The zero-order chi connectivity index (χ0) is 32.3. The van der Waals surface area contributed by atoms with E-state index in [0.29, 0.717) is 5.56 Å². The Morgan fingerprint density at radius 1 is 0.744 bits per heavy atom. The number of hydrogen-bond donors (Lipinski definition) is 7. The van der Waals surface area contributed by atoms with Gasteiger partial charge in [-0.2, -0.15) is 0 Å². The van der Waals surface area contributed by atoms with E-state index in [1.54, 1.807) is 19.9 Å². The second-order valence-electron chi connectivity index (χ2n) is 10.4. The largest absolute Gasteiger partial charge is 0.481 e. The van der Waals surface area contributed by atoms with E-state index in [2.05, 4.69) is 21.3 Å². The van der Waals surface area contributed by atoms with Gasteiger partial charge in [0, 0.05) is 12.8 Å². The fraction of sp³-hybridized carbons (Fsp3) is 0.414. The Morgan fingerprint density at radius 3 is 1.95 bits per heavy atom. The van der Waals surface area contributed by atoms with Gasteiger partial charge in [-0.05, 0) is 29.2 Å². The first-order chi connectivity index (χ1) is 20.2. The van der Waals surface area contributed by atoms with Crippen molar-refractivity contribution in [1.82, 2.24) is 21.3 Å². The van der Waals surface area contributed by atoms with Crippen LogP contribution in [-0.2, 0) is 40.0 Å². The van der Waals surface area contributed by atoms with Crippen molar-refractivity contribution >= 4 is 52.2 Å². The van der Waals surface area contributed by atoms with E-state index >= 15 is 0 Å². The highest BCUT2D eigenvalue weighted by atomic mass is 16.4. The summed E-state index contributed by atoms with van der Waals surface area (Å²) in [4.78, 5) is 85.5. The summed E-state index contributed by atoms with van der Waals surface area (Å²) in [5, 5.41) is 29.6. The summed E-state index contributed by atoms with van der Waals surface area (Å²) >= 11 is 0. The van der Waals surface area contributed by atoms with E-state index in [-0.39, 0.29) is 6.42 Å². The molecule has 0 fully saturated rings. The first-order valence-electron chi connectivity index (χ1n) is 13.6. The molecule has 0 spiro atoms. The average Bonchev–Trinajstić information content (AvgIpc) is 2.93. The van der Waals surface area contributed by atoms with E-state index in [4.69, 9.17) is 10.8 Å². The summed E-state index contributed by atoms with van der Waals surface area (Å²) in [6, 6.07) is 7.58. The van der Waals surface area contributed by atoms with Crippen LogP contribution in [0, 0.1) is 5.92 Å². The molecular weight excluding hydrogens is 562 g/mol. The van der Waals surface area contributed by atoms with E-state index in [1.807, 2.05) is 36.4 Å². The Labute approximate surface area is 247 Å². The topological polar surface area (TPSA) is 234 Å². The quantitative estimate of drug-likeness (QED) is 0.135. The monoisotopic (exact) mass is 599 g/mol. The normalized spacial score (nSPS) is 13.7. The minimum Gasteiger partial charge on any atom is -0.481 e. The zero-order valence-corrected chi connectivity index (χ0v) is 24.1. The van der Waals surface area contributed by atoms with Crippen molar-refractivity contribution in [3.8, 4) is 0 Å². The van der Waals surface area contributed by atoms with Crippen LogP contribution >= 0.6 is 0 Å². The van der Waals surface area contributed by atoms with E-state index in [1.165, 1.54) is 6.92 Å². The van der Waals surface area contributed by atoms with Gasteiger partial charge >= 0.3 is 11.9 Å². The molecule has 232 valence electrons. The Bertz CT molecular complexity index is 1380. The lowest BCUT2D eigenvalue weighted by Crippen LogP contribution is -2.58. The molecule has 0 aromatic heterocycles. The molecule has 0 aliphatic carbocycles. The number of amides is 5. The second-order valence-corrected chi connectivity index (χ2v) is 10.4. The number of carbonyl (C=O) groups is 7. The third-order valence-corrected chi connectivity index (χ3v) is 6.49. The van der Waals surface area contributed by atoms with Crippen LogP contribution in [0.4, 0.5) is 0 Å². The standard InChI is InChI=1S/C29H37N5O9/c1-15(2)25(29(42)43)34-26(39)16(3)31-27(40)21(14-22(30)35)33-28(41)20(32-23(36)10-11-24(37)38)13-17-8-9-18-6-4-5-7-19(18)12-17/h4-9,12,15-16,20-21,25H,10-11,13-14H2,1-3H3,(H2,30,35)(H,31,40)(H,32,36)(H,33,41)(H,34,39)(H,37,38)(H,42,43). The maximum Gasteiger partial charge on any atom is 0.326 e. The molecule has 0 aliphatic heterocycles. The minimum absolute atomic E-state index is 0.0367. The van der Waals surface area contributed by atoms with Crippen LogP contribution < -0.4 is 27.0 Å². The average molecular weight is 600 g/mol. The number of primary amides is 1. The summed E-state index contributed by atoms with van der Waals surface area (Å²) in [6.07, 6.45) is -1.55. The SMILES string of the molecule is CC(NC(=O)C(CC(N)=O)NC(=O)C(Cc1ccc2ccccc2c1)NC(=O)CCC(=O)O)C(=O)NC(C(=O)O)C(C)C. The van der Waals surface area contributed by atoms with Crippen molar-refractivity contribution in [3.05, 3.63) is 48.0 Å². The van der Waals surface area contributed by atoms with Crippen molar-refractivity contribution in [2.45, 2.75) is 70.6 Å². The highest BCUT2D eigenvalue weighted by Crippen LogP contribution is 2.17. The molecule has 5 amide bonds. The van der Waals surface area contributed by atoms with Gasteiger partial charge in [0.25, 0.3) is 0 Å². The highest BCUT2D eigenvalue weighted by Gasteiger charge is 2.31. The smallest absolute Gasteiger partial charge is 0.326 e. The fourth-order valence-electron chi connectivity index (χ4n) is 4.15. The number of carbonyl (C=O) groups excluding carboxylic acids is 5. The number of rotatable bonds is 16. The molecule has 0 aliphatic rings. The summed E-state index contributed by atoms with van der Waals surface area (Å²) in [5.74, 6) is -7.19. The molecule has 0 heterocycles. The van der Waals surface area contributed by atoms with Crippen molar-refractivity contribution in [3.63, 3.8) is 0 Å². The lowest BCUT2D eigenvalue weighted by molar-refractivity contribution is -0.143. The predicted octanol–water partition coefficient (Wildman–Crippen LogP) is -0.178. The van der Waals surface area contributed by atoms with Gasteiger partial charge in [-0.25, -0.2) is 4.79 Å². The summed E-state index contributed by atoms with van der Waals surface area (Å²) in [6.45, 7) is 4.48. The molecule has 0 bridgehead atoms. The number of carboxylic acid groups (broad SMARTS) is 2. The molecule has 8 N–H and O–H groups in total. The van der Waals surface area contributed by atoms with Gasteiger partial charge in [0.2, 0.25) is 29.5 Å². The van der Waals surface area contributed by atoms with E-state index in [9.17, 15) is 38.7 Å². The molecule has 2 aromatic carbocycles. The van der Waals surface area contributed by atoms with Gasteiger partial charge < -0.3 is 37.2 Å².